The first-order valence-corrected chi connectivity index (χ1v) is 11.2. The number of nitrogens with zero attached hydrogens (tertiary/aromatic N) is 2. The topological polar surface area (TPSA) is 17.8 Å². The molecule has 0 amide bonds. The van der Waals surface area contributed by atoms with Gasteiger partial charge in [-0.3, -0.25) is 0 Å². The monoisotopic (exact) mass is 382 g/mol. The molecule has 4 aliphatic carbocycles. The van der Waals surface area contributed by atoms with Gasteiger partial charge in [-0.25, -0.2) is 4.98 Å². The molecule has 29 heavy (non-hydrogen) atoms. The van der Waals surface area contributed by atoms with Crippen LogP contribution in [0.25, 0.3) is 16.7 Å². The first-order valence-electron chi connectivity index (χ1n) is 11.2. The molecule has 0 bridgehead atoms. The van der Waals surface area contributed by atoms with E-state index >= 15 is 0 Å². The molecule has 2 saturated carbocycles. The van der Waals surface area contributed by atoms with E-state index in [4.69, 9.17) is 0 Å². The second-order valence-corrected chi connectivity index (χ2v) is 10.2. The van der Waals surface area contributed by atoms with Gasteiger partial charge in [0.05, 0.1) is 11.0 Å². The summed E-state index contributed by atoms with van der Waals surface area (Å²) in [5.41, 5.74) is 7.13. The zero-order chi connectivity index (χ0) is 19.8. The van der Waals surface area contributed by atoms with E-state index in [1.165, 1.54) is 48.9 Å². The zero-order valence-corrected chi connectivity index (χ0v) is 17.6. The second-order valence-electron chi connectivity index (χ2n) is 10.2. The Morgan fingerprint density at radius 2 is 2.00 bits per heavy atom. The van der Waals surface area contributed by atoms with Crippen LogP contribution in [0.5, 0.6) is 0 Å². The van der Waals surface area contributed by atoms with E-state index in [-0.39, 0.29) is 10.8 Å². The summed E-state index contributed by atoms with van der Waals surface area (Å²) in [4.78, 5) is 4.68. The normalized spacial score (nSPS) is 38.3. The highest BCUT2D eigenvalue weighted by Gasteiger charge is 2.56. The lowest BCUT2D eigenvalue weighted by Crippen LogP contribution is -2.49. The first-order chi connectivity index (χ1) is 14.0. The third kappa shape index (κ3) is 2.26. The molecule has 0 radical (unpaired) electrons. The number of rotatable bonds is 1. The molecule has 3 unspecified atom stereocenters. The molecule has 2 aromatic rings. The van der Waals surface area contributed by atoms with Crippen LogP contribution in [0.4, 0.5) is 0 Å². The zero-order valence-electron chi connectivity index (χ0n) is 17.6. The summed E-state index contributed by atoms with van der Waals surface area (Å²) in [5, 5.41) is 0. The summed E-state index contributed by atoms with van der Waals surface area (Å²) in [7, 11) is 0. The van der Waals surface area contributed by atoms with Crippen molar-refractivity contribution in [2.45, 2.75) is 46.0 Å². The highest BCUT2D eigenvalue weighted by Crippen LogP contribution is 2.65. The lowest BCUT2D eigenvalue weighted by Gasteiger charge is -2.56. The van der Waals surface area contributed by atoms with Gasteiger partial charge in [0.15, 0.2) is 0 Å². The highest BCUT2D eigenvalue weighted by atomic mass is 15.1. The molecule has 2 nitrogen and oxygen atoms in total. The van der Waals surface area contributed by atoms with Gasteiger partial charge in [-0.05, 0) is 67.6 Å². The summed E-state index contributed by atoms with van der Waals surface area (Å²) in [6.45, 7) is 9.22. The van der Waals surface area contributed by atoms with Crippen LogP contribution in [0.3, 0.4) is 0 Å². The Labute approximate surface area is 173 Å². The number of para-hydroxylation sites is 2. The largest absolute Gasteiger partial charge is 0.302 e. The average Bonchev–Trinajstić information content (AvgIpc) is 3.29. The fraction of sp³-hybridized carbons (Fsp3) is 0.444. The van der Waals surface area contributed by atoms with Gasteiger partial charge < -0.3 is 4.57 Å². The lowest BCUT2D eigenvalue weighted by atomic mass is 9.48. The molecule has 2 heteroatoms. The predicted molar refractivity (Wildman–Crippen MR) is 120 cm³/mol. The standard InChI is InChI=1S/C27H30N2/c1-18-12-14-26(2)19(16-18)8-9-20-21-10-11-25(27(21,3)15-13-22(20)26)29-17-28-23-6-4-5-7-24(23)29/h4-7,11-12,14,16-17,20-22H,1,8-10,13,15H2,2-3H3/t20?,21?,22?,26-,27-/m0/s1. The van der Waals surface area contributed by atoms with E-state index < -0.39 is 0 Å². The Balaban J connectivity index is 1.37. The van der Waals surface area contributed by atoms with Crippen molar-refractivity contribution in [2.24, 2.45) is 28.6 Å². The minimum atomic E-state index is 0.232. The molecule has 1 heterocycles. The second kappa shape index (κ2) is 5.84. The molecule has 1 aromatic carbocycles. The van der Waals surface area contributed by atoms with Crippen LogP contribution in [0.1, 0.15) is 46.0 Å². The molecular formula is C27H30N2. The van der Waals surface area contributed by atoms with Gasteiger partial charge in [0, 0.05) is 16.5 Å². The molecule has 1 aromatic heterocycles. The van der Waals surface area contributed by atoms with Crippen molar-refractivity contribution in [2.75, 3.05) is 0 Å². The number of imidazole rings is 1. The Morgan fingerprint density at radius 1 is 1.14 bits per heavy atom. The van der Waals surface area contributed by atoms with Gasteiger partial charge >= 0.3 is 0 Å². The minimum absolute atomic E-state index is 0.232. The highest BCUT2D eigenvalue weighted by molar-refractivity contribution is 5.80. The quantitative estimate of drug-likeness (QED) is 0.531. The van der Waals surface area contributed by atoms with Crippen molar-refractivity contribution in [3.8, 4) is 0 Å². The van der Waals surface area contributed by atoms with E-state index in [9.17, 15) is 0 Å². The van der Waals surface area contributed by atoms with E-state index in [1.807, 2.05) is 0 Å². The molecule has 0 spiro atoms. The Kier molecular flexibility index (Phi) is 3.53. The van der Waals surface area contributed by atoms with Gasteiger partial charge in [0.2, 0.25) is 0 Å². The third-order valence-corrected chi connectivity index (χ3v) is 8.90. The summed E-state index contributed by atoms with van der Waals surface area (Å²) < 4.78 is 2.38. The van der Waals surface area contributed by atoms with Crippen molar-refractivity contribution < 1.29 is 0 Å². The number of benzene rings is 1. The molecule has 4 aliphatic rings. The van der Waals surface area contributed by atoms with Crippen molar-refractivity contribution >= 4 is 16.7 Å². The number of allylic oxidation sites excluding steroid dienone is 7. The smallest absolute Gasteiger partial charge is 0.100 e. The summed E-state index contributed by atoms with van der Waals surface area (Å²) in [5.74, 6) is 2.31. The first kappa shape index (κ1) is 17.5. The van der Waals surface area contributed by atoms with Gasteiger partial charge in [-0.1, -0.05) is 62.4 Å². The van der Waals surface area contributed by atoms with Gasteiger partial charge in [-0.2, -0.15) is 0 Å². The Morgan fingerprint density at radius 3 is 2.90 bits per heavy atom. The van der Waals surface area contributed by atoms with Crippen LogP contribution in [-0.2, 0) is 0 Å². The van der Waals surface area contributed by atoms with Crippen molar-refractivity contribution in [1.29, 1.82) is 0 Å². The van der Waals surface area contributed by atoms with Crippen LogP contribution in [-0.4, -0.2) is 9.55 Å². The average molecular weight is 383 g/mol. The fourth-order valence-electron chi connectivity index (χ4n) is 7.34. The van der Waals surface area contributed by atoms with Crippen LogP contribution in [0, 0.1) is 28.6 Å². The maximum atomic E-state index is 4.68. The maximum absolute atomic E-state index is 4.68. The number of aromatic nitrogens is 2. The predicted octanol–water partition coefficient (Wildman–Crippen LogP) is 6.78. The fourth-order valence-corrected chi connectivity index (χ4v) is 7.34. The van der Waals surface area contributed by atoms with Gasteiger partial charge in [0.1, 0.15) is 6.33 Å². The van der Waals surface area contributed by atoms with Gasteiger partial charge in [-0.15, -0.1) is 0 Å². The number of fused-ring (bicyclic) bond motifs is 6. The maximum Gasteiger partial charge on any atom is 0.100 e. The van der Waals surface area contributed by atoms with Crippen LogP contribution in [0.15, 0.2) is 72.6 Å². The summed E-state index contributed by atoms with van der Waals surface area (Å²) in [6.07, 6.45) is 18.1. The summed E-state index contributed by atoms with van der Waals surface area (Å²) >= 11 is 0. The molecule has 5 atom stereocenters. The van der Waals surface area contributed by atoms with Crippen LogP contribution in [0.2, 0.25) is 0 Å². The number of hydrogen-bond acceptors (Lipinski definition) is 1. The van der Waals surface area contributed by atoms with Crippen molar-refractivity contribution in [1.82, 2.24) is 9.55 Å². The van der Waals surface area contributed by atoms with Gasteiger partial charge in [0.25, 0.3) is 0 Å². The van der Waals surface area contributed by atoms with Crippen LogP contribution >= 0.6 is 0 Å². The molecule has 0 saturated heterocycles. The molecule has 148 valence electrons. The Hall–Kier alpha value is -2.35. The lowest BCUT2D eigenvalue weighted by molar-refractivity contribution is 0.000601. The van der Waals surface area contributed by atoms with E-state index in [0.717, 1.165) is 23.3 Å². The van der Waals surface area contributed by atoms with E-state index in [1.54, 1.807) is 5.57 Å². The number of hydrogen-bond donors (Lipinski definition) is 0. The van der Waals surface area contributed by atoms with E-state index in [2.05, 4.69) is 84.9 Å². The Bertz CT molecular complexity index is 1110. The SMILES string of the molecule is C=C1C=C[C@@]2(C)C(=C1)CCC1C2CC[C@]2(C)C(n3cnc4ccccc43)=CCC12. The third-order valence-electron chi connectivity index (χ3n) is 8.90. The molecule has 0 N–H and O–H groups in total. The minimum Gasteiger partial charge on any atom is -0.302 e. The van der Waals surface area contributed by atoms with Crippen LogP contribution < -0.4 is 0 Å². The van der Waals surface area contributed by atoms with E-state index in [0.29, 0.717) is 0 Å². The molecule has 2 fully saturated rings. The van der Waals surface area contributed by atoms with Crippen molar-refractivity contribution in [3.63, 3.8) is 0 Å². The molecule has 0 aliphatic heterocycles. The van der Waals surface area contributed by atoms with Crippen molar-refractivity contribution in [3.05, 3.63) is 72.6 Å². The molecule has 6 rings (SSSR count). The summed E-state index contributed by atoms with van der Waals surface area (Å²) in [6, 6.07) is 8.55. The molecular weight excluding hydrogens is 352 g/mol.